The van der Waals surface area contributed by atoms with Gasteiger partial charge < -0.3 is 15.5 Å². The number of para-hydroxylation sites is 1. The summed E-state index contributed by atoms with van der Waals surface area (Å²) in [4.78, 5) is 20.2. The number of thiophene rings is 1. The van der Waals surface area contributed by atoms with Crippen molar-refractivity contribution in [3.05, 3.63) is 49.5 Å². The number of pyridine rings is 1. The van der Waals surface area contributed by atoms with Gasteiger partial charge in [-0.25, -0.2) is 4.98 Å². The van der Waals surface area contributed by atoms with Crippen LogP contribution in [0, 0.1) is 0 Å². The van der Waals surface area contributed by atoms with Crippen molar-refractivity contribution in [2.24, 2.45) is 0 Å². The first-order valence-electron chi connectivity index (χ1n) is 10.00. The first kappa shape index (κ1) is 21.6. The van der Waals surface area contributed by atoms with Gasteiger partial charge in [-0.05, 0) is 69.7 Å². The molecular weight excluding hydrogens is 528 g/mol. The average molecular weight is 552 g/mol. The number of carbonyl (C=O) groups is 1. The second kappa shape index (κ2) is 9.24. The molecule has 0 radical (unpaired) electrons. The highest BCUT2D eigenvalue weighted by Gasteiger charge is 2.24. The van der Waals surface area contributed by atoms with Gasteiger partial charge in [0.15, 0.2) is 0 Å². The molecule has 0 atom stereocenters. The lowest BCUT2D eigenvalue weighted by Gasteiger charge is -2.30. The number of fused-ring (bicyclic) bond motifs is 1. The summed E-state index contributed by atoms with van der Waals surface area (Å²) in [7, 11) is 4.12. The van der Waals surface area contributed by atoms with Crippen molar-refractivity contribution < 1.29 is 4.79 Å². The molecule has 0 saturated heterocycles. The fraction of sp³-hybridized carbons (Fsp3) is 0.364. The average Bonchev–Trinajstić information content (AvgIpc) is 3.07. The molecule has 1 aromatic carbocycles. The molecule has 0 unspecified atom stereocenters. The zero-order valence-electron chi connectivity index (χ0n) is 16.9. The number of carbonyl (C=O) groups excluding carboxylic acids is 1. The normalized spacial score (nSPS) is 18.9. The number of aromatic nitrogens is 1. The summed E-state index contributed by atoms with van der Waals surface area (Å²) in [6.07, 6.45) is 3.94. The van der Waals surface area contributed by atoms with Gasteiger partial charge in [-0.15, -0.1) is 11.3 Å². The number of nitrogens with zero attached hydrogens (tertiary/aromatic N) is 2. The third-order valence-corrected chi connectivity index (χ3v) is 8.71. The zero-order chi connectivity index (χ0) is 21.3. The van der Waals surface area contributed by atoms with Crippen LogP contribution in [0.25, 0.3) is 10.9 Å². The van der Waals surface area contributed by atoms with Crippen LogP contribution in [0.2, 0.25) is 0 Å². The first-order chi connectivity index (χ1) is 14.4. The summed E-state index contributed by atoms with van der Waals surface area (Å²) < 4.78 is 1.87. The Hall–Kier alpha value is -1.64. The van der Waals surface area contributed by atoms with Crippen molar-refractivity contribution in [1.29, 1.82) is 0 Å². The number of hydrogen-bond donors (Lipinski definition) is 2. The molecule has 4 rings (SSSR count). The van der Waals surface area contributed by atoms with E-state index in [1.807, 2.05) is 18.2 Å². The SMILES string of the molecule is CN(C)c1cc(N[C@H]2CC[C@@H](NC(=O)c3cc(Br)c(Br)s3)CC2)nc2ccccc12. The molecule has 3 aromatic rings. The second-order valence-electron chi connectivity index (χ2n) is 7.84. The molecule has 0 spiro atoms. The molecule has 8 heteroatoms. The van der Waals surface area contributed by atoms with E-state index in [-0.39, 0.29) is 11.9 Å². The summed E-state index contributed by atoms with van der Waals surface area (Å²) in [5.74, 6) is 0.924. The molecule has 0 aliphatic heterocycles. The molecule has 0 bridgehead atoms. The number of anilines is 2. The molecule has 5 nitrogen and oxygen atoms in total. The maximum atomic E-state index is 12.5. The van der Waals surface area contributed by atoms with Crippen molar-refractivity contribution in [1.82, 2.24) is 10.3 Å². The van der Waals surface area contributed by atoms with Crippen LogP contribution in [0.1, 0.15) is 35.4 Å². The molecule has 158 valence electrons. The maximum absolute atomic E-state index is 12.5. The third kappa shape index (κ3) is 4.81. The highest BCUT2D eigenvalue weighted by Crippen LogP contribution is 2.33. The Morgan fingerprint density at radius 2 is 1.80 bits per heavy atom. The van der Waals surface area contributed by atoms with Gasteiger partial charge in [0, 0.05) is 47.8 Å². The number of amides is 1. The zero-order valence-corrected chi connectivity index (χ0v) is 20.9. The Labute approximate surface area is 197 Å². The van der Waals surface area contributed by atoms with Crippen LogP contribution < -0.4 is 15.5 Å². The van der Waals surface area contributed by atoms with E-state index in [1.165, 1.54) is 11.3 Å². The molecule has 2 N–H and O–H groups in total. The highest BCUT2D eigenvalue weighted by atomic mass is 79.9. The van der Waals surface area contributed by atoms with Crippen molar-refractivity contribution in [2.75, 3.05) is 24.3 Å². The molecule has 2 heterocycles. The predicted octanol–water partition coefficient (Wildman–Crippen LogP) is 6.04. The molecule has 1 fully saturated rings. The number of hydrogen-bond acceptors (Lipinski definition) is 5. The Balaban J connectivity index is 1.37. The van der Waals surface area contributed by atoms with E-state index in [0.717, 1.165) is 61.2 Å². The number of nitrogens with one attached hydrogen (secondary N) is 2. The van der Waals surface area contributed by atoms with Gasteiger partial charge in [0.25, 0.3) is 5.91 Å². The summed E-state index contributed by atoms with van der Waals surface area (Å²) in [6.45, 7) is 0. The smallest absolute Gasteiger partial charge is 0.261 e. The van der Waals surface area contributed by atoms with E-state index in [4.69, 9.17) is 4.98 Å². The van der Waals surface area contributed by atoms with Crippen LogP contribution in [-0.2, 0) is 0 Å². The summed E-state index contributed by atoms with van der Waals surface area (Å²) in [5, 5.41) is 7.97. The van der Waals surface area contributed by atoms with Gasteiger partial charge in [0.05, 0.1) is 14.2 Å². The lowest BCUT2D eigenvalue weighted by Crippen LogP contribution is -2.40. The number of rotatable bonds is 5. The van der Waals surface area contributed by atoms with Crippen molar-refractivity contribution in [3.8, 4) is 0 Å². The monoisotopic (exact) mass is 550 g/mol. The van der Waals surface area contributed by atoms with Gasteiger partial charge >= 0.3 is 0 Å². The van der Waals surface area contributed by atoms with E-state index in [0.29, 0.717) is 6.04 Å². The minimum Gasteiger partial charge on any atom is -0.377 e. The van der Waals surface area contributed by atoms with Gasteiger partial charge in [0.2, 0.25) is 0 Å². The van der Waals surface area contributed by atoms with E-state index in [1.54, 1.807) is 0 Å². The van der Waals surface area contributed by atoms with Crippen LogP contribution in [0.3, 0.4) is 0 Å². The standard InChI is InChI=1S/C22H24Br2N4OS/c1-28(2)18-12-20(27-17-6-4-3-5-15(17)18)25-13-7-9-14(10-8-13)26-22(29)19-11-16(23)21(24)30-19/h3-6,11-14H,7-10H2,1-2H3,(H,25,27)(H,26,29)/t13-,14+. The maximum Gasteiger partial charge on any atom is 0.261 e. The van der Waals surface area contributed by atoms with Gasteiger partial charge in [-0.3, -0.25) is 4.79 Å². The molecule has 1 amide bonds. The van der Waals surface area contributed by atoms with Gasteiger partial charge in [-0.2, -0.15) is 0 Å². The minimum atomic E-state index is 0.00892. The first-order valence-corrected chi connectivity index (χ1v) is 12.4. The topological polar surface area (TPSA) is 57.3 Å². The largest absolute Gasteiger partial charge is 0.377 e. The number of benzene rings is 1. The molecule has 1 saturated carbocycles. The molecule has 2 aromatic heterocycles. The van der Waals surface area contributed by atoms with Crippen LogP contribution >= 0.6 is 43.2 Å². The van der Waals surface area contributed by atoms with Crippen molar-refractivity contribution >= 4 is 71.5 Å². The summed E-state index contributed by atoms with van der Waals surface area (Å²) in [5.41, 5.74) is 2.16. The molecular formula is C22H24Br2N4OS. The second-order valence-corrected chi connectivity index (χ2v) is 11.1. The number of halogens is 2. The van der Waals surface area contributed by atoms with Crippen LogP contribution in [0.15, 0.2) is 44.7 Å². The van der Waals surface area contributed by atoms with E-state index >= 15 is 0 Å². The Bertz CT molecular complexity index is 1040. The van der Waals surface area contributed by atoms with E-state index in [9.17, 15) is 4.79 Å². The summed E-state index contributed by atoms with van der Waals surface area (Å²) >= 11 is 8.35. The van der Waals surface area contributed by atoms with Gasteiger partial charge in [-0.1, -0.05) is 18.2 Å². The van der Waals surface area contributed by atoms with E-state index in [2.05, 4.69) is 79.7 Å². The Morgan fingerprint density at radius 3 is 2.47 bits per heavy atom. The summed E-state index contributed by atoms with van der Waals surface area (Å²) in [6, 6.07) is 12.8. The quantitative estimate of drug-likeness (QED) is 0.406. The molecule has 1 aliphatic carbocycles. The van der Waals surface area contributed by atoms with E-state index < -0.39 is 0 Å². The Morgan fingerprint density at radius 1 is 1.10 bits per heavy atom. The highest BCUT2D eigenvalue weighted by molar-refractivity contribution is 9.13. The fourth-order valence-electron chi connectivity index (χ4n) is 3.91. The van der Waals surface area contributed by atoms with Crippen LogP contribution in [0.4, 0.5) is 11.5 Å². The molecule has 30 heavy (non-hydrogen) atoms. The van der Waals surface area contributed by atoms with Crippen molar-refractivity contribution in [3.63, 3.8) is 0 Å². The fourth-order valence-corrected chi connectivity index (χ4v) is 5.85. The lowest BCUT2D eigenvalue weighted by atomic mass is 9.91. The minimum absolute atomic E-state index is 0.00892. The Kier molecular flexibility index (Phi) is 6.65. The lowest BCUT2D eigenvalue weighted by molar-refractivity contribution is 0.0930. The predicted molar refractivity (Wildman–Crippen MR) is 133 cm³/mol. The van der Waals surface area contributed by atoms with Crippen LogP contribution in [-0.4, -0.2) is 37.1 Å². The van der Waals surface area contributed by atoms with Crippen LogP contribution in [0.5, 0.6) is 0 Å². The van der Waals surface area contributed by atoms with Crippen molar-refractivity contribution in [2.45, 2.75) is 37.8 Å². The van der Waals surface area contributed by atoms with Gasteiger partial charge in [0.1, 0.15) is 5.82 Å². The third-order valence-electron chi connectivity index (χ3n) is 5.46. The molecule has 1 aliphatic rings.